The van der Waals surface area contributed by atoms with Crippen LogP contribution in [-0.2, 0) is 0 Å². The van der Waals surface area contributed by atoms with E-state index in [1.807, 2.05) is 0 Å². The van der Waals surface area contributed by atoms with Crippen molar-refractivity contribution in [2.75, 3.05) is 41.3 Å². The lowest BCUT2D eigenvalue weighted by Crippen LogP contribution is -2.17. The van der Waals surface area contributed by atoms with Crippen LogP contribution in [0.2, 0.25) is 9.10 Å². The zero-order valence-corrected chi connectivity index (χ0v) is 9.84. The Kier molecular flexibility index (Phi) is 7.80. The SMILES string of the molecule is CN(C)C[CH2][Mg][CH2]CN(C)C. The van der Waals surface area contributed by atoms with E-state index in [-0.39, 0.29) is 20.4 Å². The molecule has 0 heterocycles. The third kappa shape index (κ3) is 10.7. The molecule has 0 bridgehead atoms. The van der Waals surface area contributed by atoms with Gasteiger partial charge in [-0.15, -0.1) is 9.10 Å². The molecule has 3 heteroatoms. The summed E-state index contributed by atoms with van der Waals surface area (Å²) in [6, 6.07) is 0. The highest BCUT2D eigenvalue weighted by Crippen LogP contribution is 1.89. The van der Waals surface area contributed by atoms with Crippen molar-refractivity contribution in [2.45, 2.75) is 9.10 Å². The standard InChI is InChI=1S/2C4H10N.Mg/c2*1-4-5(2)3;/h2*1,4H2,2-3H3;. The molecule has 0 aromatic heterocycles. The molecule has 0 aromatic carbocycles. The van der Waals surface area contributed by atoms with Crippen molar-refractivity contribution >= 4 is 20.4 Å². The Morgan fingerprint density at radius 1 is 0.818 bits per heavy atom. The van der Waals surface area contributed by atoms with E-state index in [0.29, 0.717) is 0 Å². The minimum atomic E-state index is 0.242. The van der Waals surface area contributed by atoms with Gasteiger partial charge in [0.15, 0.2) is 0 Å². The maximum absolute atomic E-state index is 2.28. The maximum atomic E-state index is 2.28. The van der Waals surface area contributed by atoms with Crippen molar-refractivity contribution in [2.24, 2.45) is 0 Å². The number of nitrogens with zero attached hydrogens (tertiary/aromatic N) is 2. The van der Waals surface area contributed by atoms with E-state index < -0.39 is 0 Å². The molecule has 0 rings (SSSR count). The Morgan fingerprint density at radius 3 is 1.45 bits per heavy atom. The zero-order valence-electron chi connectivity index (χ0n) is 8.43. The van der Waals surface area contributed by atoms with Gasteiger partial charge in [0.05, 0.1) is 0 Å². The lowest BCUT2D eigenvalue weighted by molar-refractivity contribution is 0.425. The third-order valence-corrected chi connectivity index (χ3v) is 3.34. The first-order valence-corrected chi connectivity index (χ1v) is 6.42. The predicted octanol–water partition coefficient (Wildman–Crippen LogP) is 0.650. The van der Waals surface area contributed by atoms with Crippen LogP contribution in [0.5, 0.6) is 0 Å². The summed E-state index contributed by atoms with van der Waals surface area (Å²) in [6.07, 6.45) is 0. The smallest absolute Gasteiger partial charge is 0.312 e. The Bertz CT molecular complexity index is 74.2. The monoisotopic (exact) mass is 168 g/mol. The highest BCUT2D eigenvalue weighted by molar-refractivity contribution is 6.35. The highest BCUT2D eigenvalue weighted by atomic mass is 24.5. The molecule has 0 saturated heterocycles. The van der Waals surface area contributed by atoms with E-state index in [1.165, 1.54) is 22.2 Å². The summed E-state index contributed by atoms with van der Waals surface area (Å²) in [5.41, 5.74) is 0. The Hall–Kier alpha value is 0.686. The minimum absolute atomic E-state index is 0.242. The second-order valence-corrected chi connectivity index (χ2v) is 5.79. The number of hydrogen-bond acceptors (Lipinski definition) is 2. The Labute approximate surface area is 80.7 Å². The Morgan fingerprint density at radius 2 is 1.18 bits per heavy atom. The molecule has 0 saturated carbocycles. The summed E-state index contributed by atoms with van der Waals surface area (Å²) < 4.78 is 2.95. The van der Waals surface area contributed by atoms with Crippen LogP contribution in [0.4, 0.5) is 0 Å². The summed E-state index contributed by atoms with van der Waals surface area (Å²) in [6.45, 7) is 2.58. The van der Waals surface area contributed by atoms with Crippen molar-refractivity contribution in [3.05, 3.63) is 0 Å². The van der Waals surface area contributed by atoms with Crippen LogP contribution in [0.25, 0.3) is 0 Å². The summed E-state index contributed by atoms with van der Waals surface area (Å²) in [7, 11) is 8.61. The van der Waals surface area contributed by atoms with Crippen molar-refractivity contribution in [1.29, 1.82) is 0 Å². The van der Waals surface area contributed by atoms with Gasteiger partial charge in [0.1, 0.15) is 0 Å². The normalized spacial score (nSPS) is 10.7. The number of hydrogen-bond donors (Lipinski definition) is 0. The molecule has 0 aliphatic rings. The van der Waals surface area contributed by atoms with Crippen LogP contribution in [0, 0.1) is 0 Å². The van der Waals surface area contributed by atoms with Crippen molar-refractivity contribution in [3.63, 3.8) is 0 Å². The van der Waals surface area contributed by atoms with E-state index in [0.717, 1.165) is 0 Å². The summed E-state index contributed by atoms with van der Waals surface area (Å²) in [5, 5.41) is 0. The van der Waals surface area contributed by atoms with E-state index in [4.69, 9.17) is 0 Å². The summed E-state index contributed by atoms with van der Waals surface area (Å²) in [5.74, 6) is 0. The first-order valence-electron chi connectivity index (χ1n) is 4.42. The van der Waals surface area contributed by atoms with Crippen LogP contribution < -0.4 is 0 Å². The molecule has 0 unspecified atom stereocenters. The topological polar surface area (TPSA) is 6.48 Å². The fraction of sp³-hybridized carbons (Fsp3) is 1.00. The van der Waals surface area contributed by atoms with Gasteiger partial charge in [-0.25, -0.2) is 0 Å². The van der Waals surface area contributed by atoms with Crippen LogP contribution in [0.15, 0.2) is 0 Å². The van der Waals surface area contributed by atoms with Gasteiger partial charge in [0, 0.05) is 0 Å². The van der Waals surface area contributed by atoms with Gasteiger partial charge in [0.2, 0.25) is 0 Å². The fourth-order valence-electron chi connectivity index (χ4n) is 1.03. The van der Waals surface area contributed by atoms with E-state index >= 15 is 0 Å². The van der Waals surface area contributed by atoms with Crippen molar-refractivity contribution < 1.29 is 0 Å². The van der Waals surface area contributed by atoms with Gasteiger partial charge in [-0.05, 0) is 41.3 Å². The predicted molar refractivity (Wildman–Crippen MR) is 52.5 cm³/mol. The average molecular weight is 169 g/mol. The van der Waals surface area contributed by atoms with Gasteiger partial charge < -0.3 is 9.80 Å². The van der Waals surface area contributed by atoms with Crippen molar-refractivity contribution in [3.8, 4) is 0 Å². The lowest BCUT2D eigenvalue weighted by atomic mass is 10.7. The molecule has 64 valence electrons. The van der Waals surface area contributed by atoms with Crippen LogP contribution in [0.3, 0.4) is 0 Å². The summed E-state index contributed by atoms with van der Waals surface area (Å²) >= 11 is 0.242. The average Bonchev–Trinajstić information content (AvgIpc) is 1.85. The molecule has 0 aliphatic carbocycles. The Balaban J connectivity index is 2.91. The molecule has 2 nitrogen and oxygen atoms in total. The van der Waals surface area contributed by atoms with Gasteiger partial charge in [-0.2, -0.15) is 0 Å². The first kappa shape index (κ1) is 11.7. The molecule has 0 radical (unpaired) electrons. The van der Waals surface area contributed by atoms with Crippen LogP contribution in [0.1, 0.15) is 0 Å². The second kappa shape index (κ2) is 7.34. The number of rotatable bonds is 6. The molecule has 0 N–H and O–H groups in total. The molecule has 0 aliphatic heterocycles. The largest absolute Gasteiger partial charge is 0.368 e. The van der Waals surface area contributed by atoms with E-state index in [1.54, 1.807) is 0 Å². The lowest BCUT2D eigenvalue weighted by Gasteiger charge is -2.10. The summed E-state index contributed by atoms with van der Waals surface area (Å²) in [4.78, 5) is 4.56. The molecular weight excluding hydrogens is 148 g/mol. The third-order valence-electron chi connectivity index (χ3n) is 1.71. The van der Waals surface area contributed by atoms with Crippen molar-refractivity contribution in [1.82, 2.24) is 9.80 Å². The van der Waals surface area contributed by atoms with Gasteiger partial charge in [-0.3, -0.25) is 0 Å². The quantitative estimate of drug-likeness (QED) is 0.425. The molecule has 0 fully saturated rings. The zero-order chi connectivity index (χ0) is 8.69. The first-order chi connectivity index (χ1) is 5.13. The molecular formula is C8H20MgN2. The molecule has 0 atom stereocenters. The highest BCUT2D eigenvalue weighted by Gasteiger charge is 1.97. The molecule has 0 spiro atoms. The van der Waals surface area contributed by atoms with E-state index in [2.05, 4.69) is 38.0 Å². The van der Waals surface area contributed by atoms with Gasteiger partial charge in [-0.1, -0.05) is 0 Å². The fourth-order valence-corrected chi connectivity index (χ4v) is 3.10. The van der Waals surface area contributed by atoms with Crippen LogP contribution in [-0.4, -0.2) is 71.4 Å². The van der Waals surface area contributed by atoms with Gasteiger partial charge in [0.25, 0.3) is 0 Å². The second-order valence-electron chi connectivity index (χ2n) is 3.67. The van der Waals surface area contributed by atoms with E-state index in [9.17, 15) is 0 Å². The molecule has 0 amide bonds. The molecule has 0 aromatic rings. The van der Waals surface area contributed by atoms with Crippen LogP contribution >= 0.6 is 0 Å². The van der Waals surface area contributed by atoms with Gasteiger partial charge >= 0.3 is 20.4 Å². The molecule has 11 heavy (non-hydrogen) atoms. The minimum Gasteiger partial charge on any atom is -0.312 e. The maximum Gasteiger partial charge on any atom is 0.368 e.